The number of halogens is 1. The predicted octanol–water partition coefficient (Wildman–Crippen LogP) is 5.05. The van der Waals surface area contributed by atoms with Gasteiger partial charge in [0, 0.05) is 36.3 Å². The Morgan fingerprint density at radius 1 is 1.15 bits per heavy atom. The number of nitrogens with one attached hydrogen (secondary N) is 2. The first kappa shape index (κ1) is 30.9. The lowest BCUT2D eigenvalue weighted by Gasteiger charge is -2.20. The Hall–Kier alpha value is -3.60. The Bertz CT molecular complexity index is 1300. The number of ether oxygens (including phenoxy) is 2. The maximum absolute atomic E-state index is 11.9. The van der Waals surface area contributed by atoms with Gasteiger partial charge in [-0.15, -0.1) is 0 Å². The molecule has 1 aromatic heterocycles. The van der Waals surface area contributed by atoms with Crippen LogP contribution in [-0.2, 0) is 29.7 Å². The number of aromatic nitrogens is 2. The monoisotopic (exact) mass is 571 g/mol. The Morgan fingerprint density at radius 3 is 2.48 bits per heavy atom. The maximum Gasteiger partial charge on any atom is 0.407 e. The number of nitrogens with zero attached hydrogens (tertiary/aromatic N) is 3. The molecule has 0 aliphatic heterocycles. The summed E-state index contributed by atoms with van der Waals surface area (Å²) >= 11 is 6.24. The molecule has 0 aliphatic carbocycles. The van der Waals surface area contributed by atoms with E-state index >= 15 is 0 Å². The van der Waals surface area contributed by atoms with E-state index in [2.05, 4.69) is 25.1 Å². The summed E-state index contributed by atoms with van der Waals surface area (Å²) in [6, 6.07) is 12.0. The minimum absolute atomic E-state index is 0.141. The normalized spacial score (nSPS) is 12.3. The van der Waals surface area contributed by atoms with Gasteiger partial charge in [0.25, 0.3) is 0 Å². The molecular weight excluding hydrogens is 534 g/mol. The Morgan fingerprint density at radius 2 is 1.85 bits per heavy atom. The van der Waals surface area contributed by atoms with Gasteiger partial charge in [-0.1, -0.05) is 17.7 Å². The fourth-order valence-electron chi connectivity index (χ4n) is 3.91. The third-order valence-electron chi connectivity index (χ3n) is 5.89. The molecule has 216 valence electrons. The molecule has 1 amide bonds. The highest BCUT2D eigenvalue weighted by Gasteiger charge is 2.20. The van der Waals surface area contributed by atoms with Crippen molar-refractivity contribution >= 4 is 23.7 Å². The van der Waals surface area contributed by atoms with Crippen molar-refractivity contribution in [1.82, 2.24) is 25.1 Å². The van der Waals surface area contributed by atoms with Crippen molar-refractivity contribution in [2.24, 2.45) is 7.05 Å². The van der Waals surface area contributed by atoms with Crippen molar-refractivity contribution < 1.29 is 24.2 Å². The van der Waals surface area contributed by atoms with Gasteiger partial charge in [-0.05, 0) is 77.7 Å². The van der Waals surface area contributed by atoms with E-state index < -0.39 is 23.7 Å². The van der Waals surface area contributed by atoms with Gasteiger partial charge in [-0.3, -0.25) is 4.79 Å². The smallest absolute Gasteiger partial charge is 0.407 e. The minimum Gasteiger partial charge on any atom is -0.480 e. The van der Waals surface area contributed by atoms with E-state index in [0.717, 1.165) is 29.2 Å². The summed E-state index contributed by atoms with van der Waals surface area (Å²) in [4.78, 5) is 30.3. The minimum atomic E-state index is -1.03. The number of amides is 1. The van der Waals surface area contributed by atoms with Crippen LogP contribution in [0.25, 0.3) is 11.3 Å². The van der Waals surface area contributed by atoms with Gasteiger partial charge in [0.05, 0.1) is 18.4 Å². The number of carboxylic acid groups (broad SMARTS) is 1. The van der Waals surface area contributed by atoms with Gasteiger partial charge in [0.1, 0.15) is 29.0 Å². The zero-order valence-electron chi connectivity index (χ0n) is 23.8. The van der Waals surface area contributed by atoms with Gasteiger partial charge in [0.15, 0.2) is 0 Å². The molecule has 0 aliphatic rings. The number of aliphatic carboxylic acids is 1. The van der Waals surface area contributed by atoms with Gasteiger partial charge >= 0.3 is 12.1 Å². The van der Waals surface area contributed by atoms with E-state index in [1.54, 1.807) is 39.0 Å². The average Bonchev–Trinajstić information content (AvgIpc) is 3.20. The SMILES string of the molecule is CN(C)Cc1ncc(-c2ccc(Oc3cc(Cl)ccc3CN[C@@H](CCNC(=O)OC(C)(C)C)C(=O)O)cc2)n1C. The largest absolute Gasteiger partial charge is 0.480 e. The number of rotatable bonds is 12. The molecular formula is C29H38ClN5O5. The van der Waals surface area contributed by atoms with E-state index in [1.807, 2.05) is 51.6 Å². The highest BCUT2D eigenvalue weighted by atomic mass is 35.5. The first-order chi connectivity index (χ1) is 18.8. The lowest BCUT2D eigenvalue weighted by Crippen LogP contribution is -2.40. The molecule has 3 rings (SSSR count). The predicted molar refractivity (Wildman–Crippen MR) is 155 cm³/mol. The molecule has 40 heavy (non-hydrogen) atoms. The fourth-order valence-corrected chi connectivity index (χ4v) is 4.08. The van der Waals surface area contributed by atoms with E-state index in [-0.39, 0.29) is 19.5 Å². The van der Waals surface area contributed by atoms with Crippen LogP contribution in [-0.4, -0.2) is 63.9 Å². The second-order valence-electron chi connectivity index (χ2n) is 10.7. The van der Waals surface area contributed by atoms with E-state index in [1.165, 1.54) is 0 Å². The molecule has 11 heteroatoms. The molecule has 10 nitrogen and oxygen atoms in total. The van der Waals surface area contributed by atoms with Crippen LogP contribution < -0.4 is 15.4 Å². The molecule has 0 unspecified atom stereocenters. The number of imidazole rings is 1. The van der Waals surface area contributed by atoms with Crippen LogP contribution in [0.2, 0.25) is 5.02 Å². The number of carbonyl (C=O) groups is 2. The van der Waals surface area contributed by atoms with Crippen LogP contribution in [0.1, 0.15) is 38.6 Å². The fraction of sp³-hybridized carbons (Fsp3) is 0.414. The third kappa shape index (κ3) is 9.25. The topological polar surface area (TPSA) is 118 Å². The molecule has 0 radical (unpaired) electrons. The number of hydrogen-bond acceptors (Lipinski definition) is 7. The van der Waals surface area contributed by atoms with Gasteiger partial charge in [-0.25, -0.2) is 9.78 Å². The standard InChI is InChI=1S/C29H38ClN5O5/c1-29(2,3)40-28(38)31-14-13-23(27(36)37)32-16-20-7-10-21(30)15-25(20)39-22-11-8-19(9-12-22)24-17-33-26(35(24)6)18-34(4)5/h7-12,15,17,23,32H,13-14,16,18H2,1-6H3,(H,31,38)(H,36,37)/t23-/m0/s1. The van der Waals surface area contributed by atoms with Gasteiger partial charge in [-0.2, -0.15) is 0 Å². The van der Waals surface area contributed by atoms with Crippen molar-refractivity contribution in [1.29, 1.82) is 0 Å². The Labute approximate surface area is 240 Å². The maximum atomic E-state index is 11.9. The number of carbonyl (C=O) groups excluding carboxylic acids is 1. The molecule has 3 aromatic rings. The first-order valence-electron chi connectivity index (χ1n) is 13.0. The van der Waals surface area contributed by atoms with Crippen molar-refractivity contribution in [2.75, 3.05) is 20.6 Å². The summed E-state index contributed by atoms with van der Waals surface area (Å²) in [7, 11) is 6.01. The van der Waals surface area contributed by atoms with Crippen LogP contribution in [0.3, 0.4) is 0 Å². The summed E-state index contributed by atoms with van der Waals surface area (Å²) in [6.07, 6.45) is 1.44. The molecule has 0 spiro atoms. The molecule has 2 aromatic carbocycles. The van der Waals surface area contributed by atoms with Crippen molar-refractivity contribution in [3.05, 3.63) is 65.1 Å². The quantitative estimate of drug-likeness (QED) is 0.276. The lowest BCUT2D eigenvalue weighted by atomic mass is 10.1. The van der Waals surface area contributed by atoms with Crippen LogP contribution in [0.5, 0.6) is 11.5 Å². The summed E-state index contributed by atoms with van der Waals surface area (Å²) < 4.78 is 13.4. The molecule has 0 saturated carbocycles. The Balaban J connectivity index is 1.65. The lowest BCUT2D eigenvalue weighted by molar-refractivity contribution is -0.139. The van der Waals surface area contributed by atoms with Crippen molar-refractivity contribution in [3.8, 4) is 22.8 Å². The number of hydrogen-bond donors (Lipinski definition) is 3. The van der Waals surface area contributed by atoms with Crippen molar-refractivity contribution in [3.63, 3.8) is 0 Å². The Kier molecular flexibility index (Phi) is 10.6. The number of carboxylic acids is 1. The molecule has 1 heterocycles. The third-order valence-corrected chi connectivity index (χ3v) is 6.12. The summed E-state index contributed by atoms with van der Waals surface area (Å²) in [5.41, 5.74) is 2.11. The molecule has 3 N–H and O–H groups in total. The average molecular weight is 572 g/mol. The van der Waals surface area contributed by atoms with E-state index in [4.69, 9.17) is 21.1 Å². The van der Waals surface area contributed by atoms with Crippen LogP contribution in [0, 0.1) is 0 Å². The van der Waals surface area contributed by atoms with Gasteiger partial charge in [0.2, 0.25) is 0 Å². The second kappa shape index (κ2) is 13.6. The summed E-state index contributed by atoms with van der Waals surface area (Å²) in [5.74, 6) is 1.07. The highest BCUT2D eigenvalue weighted by Crippen LogP contribution is 2.30. The second-order valence-corrected chi connectivity index (χ2v) is 11.2. The zero-order chi connectivity index (χ0) is 29.4. The van der Waals surface area contributed by atoms with Crippen LogP contribution in [0.4, 0.5) is 4.79 Å². The molecule has 0 saturated heterocycles. The summed E-state index contributed by atoms with van der Waals surface area (Å²) in [6.45, 7) is 6.39. The van der Waals surface area contributed by atoms with E-state index in [9.17, 15) is 14.7 Å². The van der Waals surface area contributed by atoms with Crippen LogP contribution >= 0.6 is 11.6 Å². The van der Waals surface area contributed by atoms with E-state index in [0.29, 0.717) is 16.5 Å². The summed E-state index contributed by atoms with van der Waals surface area (Å²) in [5, 5.41) is 15.8. The first-order valence-corrected chi connectivity index (χ1v) is 13.4. The van der Waals surface area contributed by atoms with Crippen molar-refractivity contribution in [2.45, 2.75) is 51.9 Å². The zero-order valence-corrected chi connectivity index (χ0v) is 24.6. The van der Waals surface area contributed by atoms with Gasteiger partial charge < -0.3 is 34.7 Å². The highest BCUT2D eigenvalue weighted by molar-refractivity contribution is 6.30. The number of alkyl carbamates (subject to hydrolysis) is 1. The molecule has 1 atom stereocenters. The molecule has 0 bridgehead atoms. The molecule has 0 fully saturated rings. The van der Waals surface area contributed by atoms with Crippen LogP contribution in [0.15, 0.2) is 48.7 Å². The number of benzene rings is 2.